The van der Waals surface area contributed by atoms with Crippen molar-refractivity contribution in [1.29, 1.82) is 0 Å². The third-order valence-corrected chi connectivity index (χ3v) is 6.97. The van der Waals surface area contributed by atoms with E-state index >= 15 is 0 Å². The minimum absolute atomic E-state index is 0.0516. The zero-order valence-corrected chi connectivity index (χ0v) is 19.4. The molecule has 0 bridgehead atoms. The van der Waals surface area contributed by atoms with Crippen molar-refractivity contribution in [1.82, 2.24) is 10.3 Å². The van der Waals surface area contributed by atoms with E-state index < -0.39 is 23.9 Å². The van der Waals surface area contributed by atoms with Gasteiger partial charge in [0.15, 0.2) is 5.13 Å². The first-order valence-electron chi connectivity index (χ1n) is 11.2. The van der Waals surface area contributed by atoms with Gasteiger partial charge in [0.2, 0.25) is 0 Å². The second kappa shape index (κ2) is 9.85. The Kier molecular flexibility index (Phi) is 6.47. The van der Waals surface area contributed by atoms with Crippen LogP contribution in [0.4, 0.5) is 9.93 Å². The predicted octanol–water partition coefficient (Wildman–Crippen LogP) is 3.72. The molecule has 9 nitrogen and oxygen atoms in total. The fraction of sp³-hybridized carbons (Fsp3) is 0.280. The minimum atomic E-state index is -0.901. The summed E-state index contributed by atoms with van der Waals surface area (Å²) in [5.74, 6) is -1.93. The Labute approximate surface area is 205 Å². The van der Waals surface area contributed by atoms with Crippen LogP contribution < -0.4 is 10.6 Å². The number of amides is 2. The molecule has 3 aromatic rings. The van der Waals surface area contributed by atoms with Crippen molar-refractivity contribution in [2.75, 3.05) is 25.1 Å². The number of aromatic nitrogens is 1. The maximum Gasteiger partial charge on any atom is 0.413 e. The molecular formula is C25H23N3O6S. The number of thiazole rings is 1. The number of carbonyl (C=O) groups excluding carboxylic acids is 2. The van der Waals surface area contributed by atoms with Gasteiger partial charge < -0.3 is 19.9 Å². The summed E-state index contributed by atoms with van der Waals surface area (Å²) in [6.07, 6.45) is -0.647. The SMILES string of the molecule is O=C(Nc1nc(C(=O)NC[C@@H]2C[C@H](C(=O)O)CO2)cs1)OCC1c2ccccc2-c2ccccc21. The first-order valence-corrected chi connectivity index (χ1v) is 12.1. The average Bonchev–Trinajstić information content (AvgIpc) is 3.59. The molecule has 0 spiro atoms. The van der Waals surface area contributed by atoms with E-state index in [-0.39, 0.29) is 42.6 Å². The highest BCUT2D eigenvalue weighted by Crippen LogP contribution is 2.44. The molecule has 1 aliphatic heterocycles. The molecule has 2 aliphatic rings. The lowest BCUT2D eigenvalue weighted by Crippen LogP contribution is -2.32. The van der Waals surface area contributed by atoms with Crippen LogP contribution in [0.5, 0.6) is 0 Å². The molecule has 2 heterocycles. The average molecular weight is 494 g/mol. The number of hydrogen-bond acceptors (Lipinski definition) is 7. The summed E-state index contributed by atoms with van der Waals surface area (Å²) in [7, 11) is 0. The number of nitrogens with zero attached hydrogens (tertiary/aromatic N) is 1. The van der Waals surface area contributed by atoms with E-state index in [1.165, 1.54) is 5.38 Å². The highest BCUT2D eigenvalue weighted by atomic mass is 32.1. The minimum Gasteiger partial charge on any atom is -0.481 e. The molecule has 2 aromatic carbocycles. The number of anilines is 1. The summed E-state index contributed by atoms with van der Waals surface area (Å²) in [4.78, 5) is 39.9. The highest BCUT2D eigenvalue weighted by Gasteiger charge is 2.31. The van der Waals surface area contributed by atoms with Gasteiger partial charge in [0, 0.05) is 17.8 Å². The van der Waals surface area contributed by atoms with Gasteiger partial charge in [-0.3, -0.25) is 14.9 Å². The van der Waals surface area contributed by atoms with Crippen LogP contribution in [0.15, 0.2) is 53.9 Å². The number of carboxylic acid groups (broad SMARTS) is 1. The topological polar surface area (TPSA) is 127 Å². The number of ether oxygens (including phenoxy) is 2. The molecule has 2 amide bonds. The van der Waals surface area contributed by atoms with E-state index in [1.807, 2.05) is 36.4 Å². The Balaban J connectivity index is 1.13. The van der Waals surface area contributed by atoms with E-state index in [2.05, 4.69) is 27.8 Å². The first kappa shape index (κ1) is 23.0. The number of rotatable bonds is 7. The molecule has 1 aromatic heterocycles. The second-order valence-electron chi connectivity index (χ2n) is 8.42. The standard InChI is InChI=1S/C25H23N3O6S/c29-22(26-10-15-9-14(11-33-15)23(30)31)21-13-35-24(27-21)28-25(32)34-12-20-18-7-3-1-5-16(18)17-6-2-4-8-19(17)20/h1-8,13-15,20H,9-12H2,(H,26,29)(H,30,31)(H,27,28,32)/t14-,15-/m0/s1. The molecule has 2 atom stereocenters. The van der Waals surface area contributed by atoms with Crippen LogP contribution in [-0.2, 0) is 14.3 Å². The zero-order chi connectivity index (χ0) is 24.4. The number of aliphatic carboxylic acids is 1. The zero-order valence-electron chi connectivity index (χ0n) is 18.6. The van der Waals surface area contributed by atoms with Crippen molar-refractivity contribution in [3.05, 3.63) is 70.7 Å². The van der Waals surface area contributed by atoms with E-state index in [9.17, 15) is 14.4 Å². The Hall–Kier alpha value is -3.76. The Morgan fingerprint density at radius 2 is 1.77 bits per heavy atom. The van der Waals surface area contributed by atoms with Crippen LogP contribution in [0.3, 0.4) is 0 Å². The number of nitrogens with one attached hydrogen (secondary N) is 2. The summed E-state index contributed by atoms with van der Waals surface area (Å²) in [5, 5.41) is 16.1. The third-order valence-electron chi connectivity index (χ3n) is 6.21. The van der Waals surface area contributed by atoms with Crippen LogP contribution in [0.25, 0.3) is 11.1 Å². The van der Waals surface area contributed by atoms with Crippen molar-refractivity contribution in [3.8, 4) is 11.1 Å². The fourth-order valence-electron chi connectivity index (χ4n) is 4.47. The van der Waals surface area contributed by atoms with Gasteiger partial charge in [0.25, 0.3) is 5.91 Å². The van der Waals surface area contributed by atoms with Gasteiger partial charge in [-0.25, -0.2) is 9.78 Å². The van der Waals surface area contributed by atoms with Crippen LogP contribution in [-0.4, -0.2) is 53.9 Å². The maximum atomic E-state index is 12.4. The van der Waals surface area contributed by atoms with Gasteiger partial charge >= 0.3 is 12.1 Å². The normalized spacial score (nSPS) is 18.5. The largest absolute Gasteiger partial charge is 0.481 e. The van der Waals surface area contributed by atoms with E-state index in [1.54, 1.807) is 0 Å². The smallest absolute Gasteiger partial charge is 0.413 e. The quantitative estimate of drug-likeness (QED) is 0.458. The van der Waals surface area contributed by atoms with Gasteiger partial charge in [-0.15, -0.1) is 11.3 Å². The highest BCUT2D eigenvalue weighted by molar-refractivity contribution is 7.14. The summed E-state index contributed by atoms with van der Waals surface area (Å²) in [6, 6.07) is 16.2. The molecule has 10 heteroatoms. The van der Waals surface area contributed by atoms with Crippen molar-refractivity contribution in [3.63, 3.8) is 0 Å². The Morgan fingerprint density at radius 1 is 1.09 bits per heavy atom. The summed E-state index contributed by atoms with van der Waals surface area (Å²) in [6.45, 7) is 0.507. The van der Waals surface area contributed by atoms with Gasteiger partial charge in [0.05, 0.1) is 18.6 Å². The molecule has 3 N–H and O–H groups in total. The first-order chi connectivity index (χ1) is 17.0. The lowest BCUT2D eigenvalue weighted by Gasteiger charge is -2.14. The van der Waals surface area contributed by atoms with Crippen LogP contribution in [0.1, 0.15) is 34.0 Å². The Bertz CT molecular complexity index is 1230. The monoisotopic (exact) mass is 493 g/mol. The second-order valence-corrected chi connectivity index (χ2v) is 9.28. The molecular weight excluding hydrogens is 470 g/mol. The van der Waals surface area contributed by atoms with Gasteiger partial charge in [-0.05, 0) is 28.7 Å². The molecule has 0 radical (unpaired) electrons. The molecule has 180 valence electrons. The number of carboxylic acids is 1. The van der Waals surface area contributed by atoms with E-state index in [4.69, 9.17) is 14.6 Å². The van der Waals surface area contributed by atoms with Gasteiger partial charge in [0.1, 0.15) is 12.3 Å². The molecule has 0 unspecified atom stereocenters. The van der Waals surface area contributed by atoms with Crippen LogP contribution >= 0.6 is 11.3 Å². The summed E-state index contributed by atoms with van der Waals surface area (Å²) in [5.41, 5.74) is 4.69. The van der Waals surface area contributed by atoms with Gasteiger partial charge in [-0.2, -0.15) is 0 Å². The van der Waals surface area contributed by atoms with Crippen LogP contribution in [0, 0.1) is 5.92 Å². The molecule has 0 saturated carbocycles. The van der Waals surface area contributed by atoms with Crippen molar-refractivity contribution in [2.24, 2.45) is 5.92 Å². The molecule has 5 rings (SSSR count). The summed E-state index contributed by atoms with van der Waals surface area (Å²) < 4.78 is 10.9. The fourth-order valence-corrected chi connectivity index (χ4v) is 5.15. The number of carbonyl (C=O) groups is 3. The van der Waals surface area contributed by atoms with E-state index in [0.29, 0.717) is 6.42 Å². The molecule has 1 saturated heterocycles. The molecule has 1 fully saturated rings. The van der Waals surface area contributed by atoms with Crippen molar-refractivity contribution >= 4 is 34.4 Å². The summed E-state index contributed by atoms with van der Waals surface area (Å²) >= 11 is 1.11. The van der Waals surface area contributed by atoms with Crippen molar-refractivity contribution < 1.29 is 29.0 Å². The predicted molar refractivity (Wildman–Crippen MR) is 129 cm³/mol. The number of hydrogen-bond donors (Lipinski definition) is 3. The third kappa shape index (κ3) is 4.89. The lowest BCUT2D eigenvalue weighted by atomic mass is 9.98. The number of benzene rings is 2. The lowest BCUT2D eigenvalue weighted by molar-refractivity contribution is -0.141. The van der Waals surface area contributed by atoms with Gasteiger partial charge in [-0.1, -0.05) is 48.5 Å². The van der Waals surface area contributed by atoms with Crippen LogP contribution in [0.2, 0.25) is 0 Å². The molecule has 1 aliphatic carbocycles. The molecule has 35 heavy (non-hydrogen) atoms. The Morgan fingerprint density at radius 3 is 2.43 bits per heavy atom. The van der Waals surface area contributed by atoms with Crippen molar-refractivity contribution in [2.45, 2.75) is 18.4 Å². The van der Waals surface area contributed by atoms with E-state index in [0.717, 1.165) is 33.6 Å². The maximum absolute atomic E-state index is 12.4. The number of fused-ring (bicyclic) bond motifs is 3.